The Morgan fingerprint density at radius 1 is 1.23 bits per heavy atom. The summed E-state index contributed by atoms with van der Waals surface area (Å²) >= 11 is 0. The second-order valence-electron chi connectivity index (χ2n) is 6.96. The molecule has 0 radical (unpaired) electrons. The minimum atomic E-state index is -0.776. The fourth-order valence-electron chi connectivity index (χ4n) is 3.72. The lowest BCUT2D eigenvalue weighted by atomic mass is 9.75. The minimum absolute atomic E-state index is 0.107. The van der Waals surface area contributed by atoms with E-state index in [0.29, 0.717) is 31.0 Å². The first kappa shape index (κ1) is 18.0. The molecule has 1 aromatic carbocycles. The van der Waals surface area contributed by atoms with Gasteiger partial charge in [-0.05, 0) is 37.7 Å². The van der Waals surface area contributed by atoms with E-state index in [1.807, 2.05) is 23.1 Å². The van der Waals surface area contributed by atoms with Gasteiger partial charge in [0, 0.05) is 19.2 Å². The molecule has 0 bridgehead atoms. The lowest BCUT2D eigenvalue weighted by Gasteiger charge is -2.40. The first-order valence-electron chi connectivity index (χ1n) is 8.91. The average molecular weight is 355 g/mol. The van der Waals surface area contributed by atoms with Gasteiger partial charge in [-0.1, -0.05) is 30.3 Å². The molecular formula is C19H25N5O2. The fourth-order valence-corrected chi connectivity index (χ4v) is 3.72. The highest BCUT2D eigenvalue weighted by Crippen LogP contribution is 2.37. The van der Waals surface area contributed by atoms with Crippen LogP contribution < -0.4 is 16.4 Å². The van der Waals surface area contributed by atoms with E-state index in [-0.39, 0.29) is 5.95 Å². The Kier molecular flexibility index (Phi) is 5.25. The maximum absolute atomic E-state index is 12.1. The second-order valence-corrected chi connectivity index (χ2v) is 6.96. The van der Waals surface area contributed by atoms with Crippen LogP contribution in [0.4, 0.5) is 17.6 Å². The minimum Gasteiger partial charge on any atom is -0.481 e. The predicted octanol–water partition coefficient (Wildman–Crippen LogP) is 2.34. The van der Waals surface area contributed by atoms with Crippen molar-refractivity contribution in [1.82, 2.24) is 9.97 Å². The molecule has 1 saturated heterocycles. The molecule has 26 heavy (non-hydrogen) atoms. The molecule has 2 aromatic rings. The van der Waals surface area contributed by atoms with Crippen LogP contribution in [0.1, 0.15) is 31.2 Å². The number of carboxylic acid groups (broad SMARTS) is 1. The second kappa shape index (κ2) is 7.59. The van der Waals surface area contributed by atoms with Crippen molar-refractivity contribution in [2.45, 2.75) is 32.1 Å². The third kappa shape index (κ3) is 4.04. The molecule has 1 atom stereocenters. The maximum Gasteiger partial charge on any atom is 0.311 e. The van der Waals surface area contributed by atoms with E-state index in [9.17, 15) is 9.90 Å². The molecule has 2 heterocycles. The van der Waals surface area contributed by atoms with Crippen molar-refractivity contribution in [3.63, 3.8) is 0 Å². The Morgan fingerprint density at radius 3 is 2.69 bits per heavy atom. The molecule has 0 spiro atoms. The third-order valence-corrected chi connectivity index (χ3v) is 5.07. The van der Waals surface area contributed by atoms with E-state index in [1.165, 1.54) is 5.56 Å². The number of nitrogens with zero attached hydrogens (tertiary/aromatic N) is 3. The van der Waals surface area contributed by atoms with Crippen molar-refractivity contribution in [2.75, 3.05) is 29.5 Å². The smallest absolute Gasteiger partial charge is 0.311 e. The lowest BCUT2D eigenvalue weighted by molar-refractivity contribution is -0.150. The largest absolute Gasteiger partial charge is 0.481 e. The number of benzene rings is 1. The molecule has 1 fully saturated rings. The Bertz CT molecular complexity index is 748. The van der Waals surface area contributed by atoms with Crippen LogP contribution in [0.2, 0.25) is 0 Å². The van der Waals surface area contributed by atoms with Gasteiger partial charge in [-0.25, -0.2) is 0 Å². The molecule has 0 saturated carbocycles. The normalized spacial score (nSPS) is 20.1. The van der Waals surface area contributed by atoms with Crippen molar-refractivity contribution in [2.24, 2.45) is 5.41 Å². The quantitative estimate of drug-likeness (QED) is 0.727. The number of nitrogens with two attached hydrogens (primary N) is 2. The first-order valence-corrected chi connectivity index (χ1v) is 8.91. The van der Waals surface area contributed by atoms with Gasteiger partial charge in [-0.2, -0.15) is 9.97 Å². The summed E-state index contributed by atoms with van der Waals surface area (Å²) in [5, 5.41) is 9.95. The van der Waals surface area contributed by atoms with Crippen LogP contribution in [-0.2, 0) is 11.2 Å². The van der Waals surface area contributed by atoms with Crippen LogP contribution in [0.15, 0.2) is 36.4 Å². The summed E-state index contributed by atoms with van der Waals surface area (Å²) in [7, 11) is 0. The predicted molar refractivity (Wildman–Crippen MR) is 102 cm³/mol. The molecular weight excluding hydrogens is 330 g/mol. The number of aryl methyl sites for hydroxylation is 1. The van der Waals surface area contributed by atoms with Crippen LogP contribution in [0.25, 0.3) is 0 Å². The number of carbonyl (C=O) groups is 1. The van der Waals surface area contributed by atoms with Gasteiger partial charge in [-0.15, -0.1) is 0 Å². The van der Waals surface area contributed by atoms with Crippen molar-refractivity contribution >= 4 is 23.6 Å². The number of hydrogen-bond acceptors (Lipinski definition) is 6. The van der Waals surface area contributed by atoms with Gasteiger partial charge < -0.3 is 21.5 Å². The fraction of sp³-hybridized carbons (Fsp3) is 0.421. The van der Waals surface area contributed by atoms with E-state index in [0.717, 1.165) is 25.8 Å². The highest BCUT2D eigenvalue weighted by molar-refractivity contribution is 5.76. The number of rotatable bonds is 6. The van der Waals surface area contributed by atoms with Gasteiger partial charge in [0.2, 0.25) is 5.95 Å². The summed E-state index contributed by atoms with van der Waals surface area (Å²) in [6.45, 7) is 1.15. The Labute approximate surface area is 153 Å². The molecule has 1 aromatic heterocycles. The van der Waals surface area contributed by atoms with Gasteiger partial charge in [0.15, 0.2) is 0 Å². The van der Waals surface area contributed by atoms with Crippen molar-refractivity contribution in [3.8, 4) is 0 Å². The number of piperidine rings is 1. The number of hydrogen-bond donors (Lipinski definition) is 3. The first-order chi connectivity index (χ1) is 12.5. The monoisotopic (exact) mass is 355 g/mol. The van der Waals surface area contributed by atoms with Crippen LogP contribution >= 0.6 is 0 Å². The zero-order valence-electron chi connectivity index (χ0n) is 14.8. The zero-order valence-corrected chi connectivity index (χ0v) is 14.8. The summed E-state index contributed by atoms with van der Waals surface area (Å²) in [4.78, 5) is 22.2. The molecule has 0 aliphatic carbocycles. The summed E-state index contributed by atoms with van der Waals surface area (Å²) in [6.07, 6.45) is 3.80. The summed E-state index contributed by atoms with van der Waals surface area (Å²) in [6, 6.07) is 11.8. The molecule has 138 valence electrons. The van der Waals surface area contributed by atoms with Crippen LogP contribution in [-0.4, -0.2) is 34.1 Å². The molecule has 0 unspecified atom stereocenters. The SMILES string of the molecule is Nc1cc(N2CCC[C@@](CCCc3ccccc3)(C(=O)O)C2)nc(N)n1. The summed E-state index contributed by atoms with van der Waals surface area (Å²) < 4.78 is 0. The number of anilines is 3. The highest BCUT2D eigenvalue weighted by atomic mass is 16.4. The van der Waals surface area contributed by atoms with Crippen LogP contribution in [0.3, 0.4) is 0 Å². The van der Waals surface area contributed by atoms with E-state index >= 15 is 0 Å². The van der Waals surface area contributed by atoms with Crippen molar-refractivity contribution in [3.05, 3.63) is 42.0 Å². The summed E-state index contributed by atoms with van der Waals surface area (Å²) in [5.74, 6) is 0.257. The van der Waals surface area contributed by atoms with E-state index in [4.69, 9.17) is 11.5 Å². The van der Waals surface area contributed by atoms with Gasteiger partial charge in [0.1, 0.15) is 11.6 Å². The molecule has 0 amide bonds. The van der Waals surface area contributed by atoms with E-state index < -0.39 is 11.4 Å². The Balaban J connectivity index is 1.72. The lowest BCUT2D eigenvalue weighted by Crippen LogP contribution is -2.48. The molecule has 7 nitrogen and oxygen atoms in total. The van der Waals surface area contributed by atoms with Gasteiger partial charge in [0.05, 0.1) is 5.41 Å². The zero-order chi connectivity index (χ0) is 18.6. The number of carboxylic acids is 1. The number of aliphatic carboxylic acids is 1. The topological polar surface area (TPSA) is 118 Å². The molecule has 1 aliphatic heterocycles. The molecule has 1 aliphatic rings. The maximum atomic E-state index is 12.1. The van der Waals surface area contributed by atoms with Crippen LogP contribution in [0.5, 0.6) is 0 Å². The Morgan fingerprint density at radius 2 is 2.00 bits per heavy atom. The van der Waals surface area contributed by atoms with Gasteiger partial charge >= 0.3 is 5.97 Å². The highest BCUT2D eigenvalue weighted by Gasteiger charge is 2.42. The van der Waals surface area contributed by atoms with Crippen molar-refractivity contribution in [1.29, 1.82) is 0 Å². The molecule has 7 heteroatoms. The average Bonchev–Trinajstić information content (AvgIpc) is 2.62. The van der Waals surface area contributed by atoms with Crippen LogP contribution in [0, 0.1) is 5.41 Å². The number of aromatic nitrogens is 2. The summed E-state index contributed by atoms with van der Waals surface area (Å²) in [5.41, 5.74) is 11.9. The number of nitrogen functional groups attached to an aromatic ring is 2. The van der Waals surface area contributed by atoms with Gasteiger partial charge in [0.25, 0.3) is 0 Å². The standard InChI is InChI=1S/C19H25N5O2/c20-15-12-16(23-18(21)22-15)24-11-5-10-19(13-24,17(25)26)9-4-8-14-6-2-1-3-7-14/h1-3,6-7,12H,4-5,8-11,13H2,(H,25,26)(H4,20,21,22,23)/t19-/m1/s1. The molecule has 3 rings (SSSR count). The van der Waals surface area contributed by atoms with Crippen molar-refractivity contribution < 1.29 is 9.90 Å². The van der Waals surface area contributed by atoms with E-state index in [1.54, 1.807) is 6.07 Å². The van der Waals surface area contributed by atoms with Gasteiger partial charge in [-0.3, -0.25) is 4.79 Å². The third-order valence-electron chi connectivity index (χ3n) is 5.07. The molecule has 5 N–H and O–H groups in total. The Hall–Kier alpha value is -2.83. The van der Waals surface area contributed by atoms with E-state index in [2.05, 4.69) is 22.1 Å².